The molecule has 2 heterocycles. The van der Waals surface area contributed by atoms with E-state index in [0.717, 1.165) is 49.2 Å². The van der Waals surface area contributed by atoms with Gasteiger partial charge in [0, 0.05) is 13.0 Å². The minimum absolute atomic E-state index is 0.115. The van der Waals surface area contributed by atoms with Crippen LogP contribution in [0, 0.1) is 0 Å². The van der Waals surface area contributed by atoms with Gasteiger partial charge < -0.3 is 11.1 Å². The van der Waals surface area contributed by atoms with Crippen molar-refractivity contribution in [2.75, 3.05) is 13.1 Å². The minimum atomic E-state index is -0.930. The number of fused-ring (bicyclic) bond motifs is 1. The van der Waals surface area contributed by atoms with Gasteiger partial charge in [-0.25, -0.2) is 0 Å². The number of rotatable bonds is 9. The zero-order valence-corrected chi connectivity index (χ0v) is 15.8. The largest absolute Gasteiger partial charge is 0.330 e. The van der Waals surface area contributed by atoms with Crippen LogP contribution in [0.2, 0.25) is 0 Å². The molecule has 28 heavy (non-hydrogen) atoms. The van der Waals surface area contributed by atoms with Crippen molar-refractivity contribution in [2.45, 2.75) is 51.1 Å². The fourth-order valence-corrected chi connectivity index (χ4v) is 3.61. The van der Waals surface area contributed by atoms with Crippen molar-refractivity contribution in [3.8, 4) is 0 Å². The van der Waals surface area contributed by atoms with Gasteiger partial charge in [0.1, 0.15) is 6.04 Å². The molecule has 1 aromatic rings. The van der Waals surface area contributed by atoms with Crippen LogP contribution in [0.4, 0.5) is 0 Å². The normalized spacial score (nSPS) is 19.2. The molecule has 1 atom stereocenters. The average Bonchev–Trinajstić information content (AvgIpc) is 2.92. The number of nitrogens with zero attached hydrogens (tertiary/aromatic N) is 1. The molecule has 3 rings (SSSR count). The lowest BCUT2D eigenvalue weighted by Gasteiger charge is -2.27. The predicted molar refractivity (Wildman–Crippen MR) is 102 cm³/mol. The summed E-state index contributed by atoms with van der Waals surface area (Å²) in [6.07, 6.45) is 4.64. The van der Waals surface area contributed by atoms with Gasteiger partial charge in [-0.2, -0.15) is 0 Å². The first kappa shape index (κ1) is 20.2. The van der Waals surface area contributed by atoms with E-state index in [1.165, 1.54) is 0 Å². The summed E-state index contributed by atoms with van der Waals surface area (Å²) in [6.45, 7) is 2.20. The fourth-order valence-electron chi connectivity index (χ4n) is 3.61. The molecule has 0 saturated carbocycles. The van der Waals surface area contributed by atoms with Crippen molar-refractivity contribution in [3.05, 3.63) is 34.9 Å². The molecule has 150 valence electrons. The lowest BCUT2D eigenvalue weighted by atomic mass is 10.0. The highest BCUT2D eigenvalue weighted by atomic mass is 16.2. The van der Waals surface area contributed by atoms with Gasteiger partial charge in [0.15, 0.2) is 0 Å². The first-order valence-electron chi connectivity index (χ1n) is 9.78. The minimum Gasteiger partial charge on any atom is -0.330 e. The molecule has 0 radical (unpaired) electrons. The van der Waals surface area contributed by atoms with E-state index in [2.05, 4.69) is 10.6 Å². The van der Waals surface area contributed by atoms with Crippen molar-refractivity contribution in [2.24, 2.45) is 5.73 Å². The zero-order chi connectivity index (χ0) is 20.1. The number of piperidine rings is 1. The zero-order valence-electron chi connectivity index (χ0n) is 15.8. The van der Waals surface area contributed by atoms with Gasteiger partial charge >= 0.3 is 0 Å². The second kappa shape index (κ2) is 9.07. The number of carbonyl (C=O) groups excluding carboxylic acids is 4. The molecule has 4 amide bonds. The second-order valence-electron chi connectivity index (χ2n) is 7.21. The molecule has 2 aliphatic rings. The van der Waals surface area contributed by atoms with E-state index in [1.807, 2.05) is 6.07 Å². The maximum Gasteiger partial charge on any atom is 0.262 e. The lowest BCUT2D eigenvalue weighted by molar-refractivity contribution is -0.136. The SMILES string of the molecule is NCCCCCCNCc1ccc2c(c1)C(=O)N(C1CCC(=O)NC1=O)C2=O. The monoisotopic (exact) mass is 386 g/mol. The number of nitrogens with two attached hydrogens (primary N) is 1. The maximum absolute atomic E-state index is 12.8. The third-order valence-electron chi connectivity index (χ3n) is 5.14. The molecule has 0 bridgehead atoms. The standard InChI is InChI=1S/C20H26N4O4/c21-9-3-1-2-4-10-22-12-13-5-6-14-15(11-13)20(28)24(19(14)27)16-7-8-17(25)23-18(16)26/h5-6,11,16,22H,1-4,7-10,12,21H2,(H,23,25,26). The Morgan fingerprint density at radius 3 is 2.54 bits per heavy atom. The van der Waals surface area contributed by atoms with Crippen molar-refractivity contribution in [3.63, 3.8) is 0 Å². The molecule has 4 N–H and O–H groups in total. The first-order valence-corrected chi connectivity index (χ1v) is 9.78. The first-order chi connectivity index (χ1) is 13.5. The summed E-state index contributed by atoms with van der Waals surface area (Å²) in [6, 6.07) is 4.24. The number of benzene rings is 1. The predicted octanol–water partition coefficient (Wildman–Crippen LogP) is 0.697. The van der Waals surface area contributed by atoms with Gasteiger partial charge in [-0.1, -0.05) is 18.9 Å². The summed E-state index contributed by atoms with van der Waals surface area (Å²) < 4.78 is 0. The smallest absolute Gasteiger partial charge is 0.262 e. The summed E-state index contributed by atoms with van der Waals surface area (Å²) >= 11 is 0. The van der Waals surface area contributed by atoms with Crippen molar-refractivity contribution in [1.82, 2.24) is 15.5 Å². The molecule has 8 nitrogen and oxygen atoms in total. The Bertz CT molecular complexity index is 792. The Morgan fingerprint density at radius 2 is 1.79 bits per heavy atom. The van der Waals surface area contributed by atoms with E-state index in [0.29, 0.717) is 17.7 Å². The summed E-state index contributed by atoms with van der Waals surface area (Å²) in [7, 11) is 0. The highest BCUT2D eigenvalue weighted by Crippen LogP contribution is 2.28. The summed E-state index contributed by atoms with van der Waals surface area (Å²) in [5.41, 5.74) is 7.01. The van der Waals surface area contributed by atoms with Gasteiger partial charge in [0.25, 0.3) is 11.8 Å². The molecule has 2 aliphatic heterocycles. The lowest BCUT2D eigenvalue weighted by Crippen LogP contribution is -2.54. The molecular formula is C20H26N4O4. The average molecular weight is 386 g/mol. The topological polar surface area (TPSA) is 122 Å². The molecule has 1 saturated heterocycles. The molecule has 1 unspecified atom stereocenters. The van der Waals surface area contributed by atoms with E-state index < -0.39 is 23.8 Å². The van der Waals surface area contributed by atoms with Crippen LogP contribution in [0.1, 0.15) is 64.8 Å². The quantitative estimate of drug-likeness (QED) is 0.424. The van der Waals surface area contributed by atoms with Crippen LogP contribution >= 0.6 is 0 Å². The Labute approximate surface area is 163 Å². The van der Waals surface area contributed by atoms with Crippen LogP contribution in [0.3, 0.4) is 0 Å². The van der Waals surface area contributed by atoms with E-state index in [1.54, 1.807) is 12.1 Å². The van der Waals surface area contributed by atoms with Crippen LogP contribution in [-0.2, 0) is 16.1 Å². The van der Waals surface area contributed by atoms with Gasteiger partial charge in [0.05, 0.1) is 11.1 Å². The highest BCUT2D eigenvalue weighted by molar-refractivity contribution is 6.23. The summed E-state index contributed by atoms with van der Waals surface area (Å²) in [4.78, 5) is 49.8. The number of imide groups is 2. The second-order valence-corrected chi connectivity index (χ2v) is 7.21. The Balaban J connectivity index is 1.60. The molecule has 1 fully saturated rings. The third kappa shape index (κ3) is 4.28. The van der Waals surface area contributed by atoms with E-state index in [4.69, 9.17) is 5.73 Å². The number of unbranched alkanes of at least 4 members (excludes halogenated alkanes) is 3. The van der Waals surface area contributed by atoms with Crippen LogP contribution < -0.4 is 16.4 Å². The Morgan fingerprint density at radius 1 is 1.04 bits per heavy atom. The van der Waals surface area contributed by atoms with Gasteiger partial charge in [0.2, 0.25) is 11.8 Å². The van der Waals surface area contributed by atoms with Gasteiger partial charge in [-0.3, -0.25) is 29.4 Å². The maximum atomic E-state index is 12.8. The number of hydrogen-bond donors (Lipinski definition) is 3. The van der Waals surface area contributed by atoms with E-state index >= 15 is 0 Å². The van der Waals surface area contributed by atoms with E-state index in [-0.39, 0.29) is 18.7 Å². The van der Waals surface area contributed by atoms with Crippen LogP contribution in [-0.4, -0.2) is 47.7 Å². The molecule has 0 aromatic heterocycles. The van der Waals surface area contributed by atoms with Crippen LogP contribution in [0.25, 0.3) is 0 Å². The van der Waals surface area contributed by atoms with Crippen LogP contribution in [0.5, 0.6) is 0 Å². The van der Waals surface area contributed by atoms with Gasteiger partial charge in [-0.15, -0.1) is 0 Å². The number of hydrogen-bond acceptors (Lipinski definition) is 6. The Hall–Kier alpha value is -2.58. The highest BCUT2D eigenvalue weighted by Gasteiger charge is 2.44. The van der Waals surface area contributed by atoms with Gasteiger partial charge in [-0.05, 0) is 50.0 Å². The van der Waals surface area contributed by atoms with Crippen molar-refractivity contribution in [1.29, 1.82) is 0 Å². The third-order valence-corrected chi connectivity index (χ3v) is 5.14. The molecule has 0 aliphatic carbocycles. The van der Waals surface area contributed by atoms with E-state index in [9.17, 15) is 19.2 Å². The summed E-state index contributed by atoms with van der Waals surface area (Å²) in [5.74, 6) is -1.93. The fraction of sp³-hybridized carbons (Fsp3) is 0.500. The number of carbonyl (C=O) groups is 4. The Kier molecular flexibility index (Phi) is 6.53. The number of amides is 4. The molecule has 1 aromatic carbocycles. The molecular weight excluding hydrogens is 360 g/mol. The van der Waals surface area contributed by atoms with Crippen molar-refractivity contribution >= 4 is 23.6 Å². The van der Waals surface area contributed by atoms with Crippen molar-refractivity contribution < 1.29 is 19.2 Å². The number of nitrogens with one attached hydrogen (secondary N) is 2. The summed E-state index contributed by atoms with van der Waals surface area (Å²) in [5, 5.41) is 5.54. The molecule has 0 spiro atoms. The van der Waals surface area contributed by atoms with Crippen LogP contribution in [0.15, 0.2) is 18.2 Å². The molecule has 8 heteroatoms.